The van der Waals surface area contributed by atoms with E-state index < -0.39 is 0 Å². The predicted octanol–water partition coefficient (Wildman–Crippen LogP) is 4.41. The number of hydrogen-bond donors (Lipinski definition) is 2. The van der Waals surface area contributed by atoms with Crippen molar-refractivity contribution in [3.63, 3.8) is 0 Å². The van der Waals surface area contributed by atoms with E-state index in [0.717, 1.165) is 37.5 Å². The fourth-order valence-electron chi connectivity index (χ4n) is 3.24. The van der Waals surface area contributed by atoms with Crippen molar-refractivity contribution >= 4 is 48.0 Å². The molecule has 0 radical (unpaired) electrons. The Morgan fingerprint density at radius 2 is 1.81 bits per heavy atom. The van der Waals surface area contributed by atoms with Crippen molar-refractivity contribution < 1.29 is 4.79 Å². The zero-order valence-electron chi connectivity index (χ0n) is 15.1. The summed E-state index contributed by atoms with van der Waals surface area (Å²) in [5.74, 6) is 0.471. The van der Waals surface area contributed by atoms with Crippen molar-refractivity contribution in [2.24, 2.45) is 5.92 Å². The summed E-state index contributed by atoms with van der Waals surface area (Å²) < 4.78 is 0. The molecule has 2 aromatic rings. The number of piperidine rings is 1. The van der Waals surface area contributed by atoms with E-state index >= 15 is 0 Å². The van der Waals surface area contributed by atoms with E-state index in [9.17, 15) is 4.79 Å². The van der Waals surface area contributed by atoms with Crippen molar-refractivity contribution in [2.45, 2.75) is 19.4 Å². The largest absolute Gasteiger partial charge is 0.399 e. The molecule has 148 valence electrons. The van der Waals surface area contributed by atoms with E-state index in [1.54, 1.807) is 24.3 Å². The molecule has 0 spiro atoms. The number of rotatable bonds is 5. The Balaban J connectivity index is 0.00000182. The summed E-state index contributed by atoms with van der Waals surface area (Å²) in [6, 6.07) is 15.1. The van der Waals surface area contributed by atoms with E-state index in [2.05, 4.69) is 16.3 Å². The lowest BCUT2D eigenvalue weighted by Crippen LogP contribution is -2.38. The summed E-state index contributed by atoms with van der Waals surface area (Å²) in [5, 5.41) is 3.87. The topological polar surface area (TPSA) is 58.4 Å². The number of amides is 1. The van der Waals surface area contributed by atoms with Crippen molar-refractivity contribution in [3.05, 3.63) is 64.7 Å². The first-order chi connectivity index (χ1) is 12.1. The van der Waals surface area contributed by atoms with Crippen LogP contribution in [0.2, 0.25) is 5.02 Å². The average molecular weight is 431 g/mol. The molecule has 1 saturated heterocycles. The summed E-state index contributed by atoms with van der Waals surface area (Å²) >= 11 is 6.24. The van der Waals surface area contributed by atoms with Crippen molar-refractivity contribution in [2.75, 3.05) is 25.4 Å². The number of nitrogens with one attached hydrogen (secondary N) is 1. The van der Waals surface area contributed by atoms with E-state index in [1.165, 1.54) is 5.56 Å². The Labute approximate surface area is 178 Å². The quantitative estimate of drug-likeness (QED) is 0.691. The van der Waals surface area contributed by atoms with Gasteiger partial charge >= 0.3 is 0 Å². The maximum Gasteiger partial charge on any atom is 0.251 e. The number of likely N-dealkylation sites (tertiary alicyclic amines) is 1. The van der Waals surface area contributed by atoms with Gasteiger partial charge in [-0.1, -0.05) is 35.9 Å². The van der Waals surface area contributed by atoms with E-state index in [1.807, 2.05) is 18.2 Å². The standard InChI is InChI=1S/C20H24ClN3O.2ClH/c21-19-7-2-1-4-17(19)14-24-10-8-15(9-11-24)13-23-20(25)16-5-3-6-18(22)12-16;;/h1-7,12,15H,8-11,13-14,22H2,(H,23,25);2*1H. The van der Waals surface area contributed by atoms with Gasteiger partial charge in [0.15, 0.2) is 0 Å². The summed E-state index contributed by atoms with van der Waals surface area (Å²) in [4.78, 5) is 14.6. The molecule has 0 unspecified atom stereocenters. The lowest BCUT2D eigenvalue weighted by atomic mass is 9.96. The predicted molar refractivity (Wildman–Crippen MR) is 117 cm³/mol. The molecule has 2 aromatic carbocycles. The molecule has 3 rings (SSSR count). The second-order valence-corrected chi connectivity index (χ2v) is 7.05. The second-order valence-electron chi connectivity index (χ2n) is 6.65. The first kappa shape index (κ1) is 23.6. The Morgan fingerprint density at radius 3 is 2.48 bits per heavy atom. The van der Waals surface area contributed by atoms with Crippen LogP contribution < -0.4 is 11.1 Å². The molecule has 0 aromatic heterocycles. The van der Waals surface area contributed by atoms with Gasteiger partial charge in [-0.05, 0) is 61.7 Å². The van der Waals surface area contributed by atoms with Crippen LogP contribution in [0.5, 0.6) is 0 Å². The van der Waals surface area contributed by atoms with Crippen LogP contribution in [0.1, 0.15) is 28.8 Å². The SMILES string of the molecule is Cl.Cl.Nc1cccc(C(=O)NCC2CCN(Cc3ccccc3Cl)CC2)c1. The van der Waals surface area contributed by atoms with Crippen LogP contribution in [-0.2, 0) is 6.54 Å². The lowest BCUT2D eigenvalue weighted by molar-refractivity contribution is 0.0935. The number of nitrogens with zero attached hydrogens (tertiary/aromatic N) is 1. The summed E-state index contributed by atoms with van der Waals surface area (Å²) in [5.41, 5.74) is 8.14. The van der Waals surface area contributed by atoms with Crippen LogP contribution in [0.3, 0.4) is 0 Å². The van der Waals surface area contributed by atoms with Gasteiger partial charge in [-0.15, -0.1) is 24.8 Å². The Hall–Kier alpha value is -1.46. The number of nitrogens with two attached hydrogens (primary N) is 1. The molecule has 0 aliphatic carbocycles. The van der Waals surface area contributed by atoms with Crippen LogP contribution in [-0.4, -0.2) is 30.4 Å². The maximum absolute atomic E-state index is 12.2. The van der Waals surface area contributed by atoms with E-state index in [0.29, 0.717) is 23.7 Å². The minimum absolute atomic E-state index is 0. The number of carbonyl (C=O) groups excluding carboxylic acids is 1. The fourth-order valence-corrected chi connectivity index (χ4v) is 3.43. The van der Waals surface area contributed by atoms with Crippen molar-refractivity contribution in [1.82, 2.24) is 10.2 Å². The molecule has 1 fully saturated rings. The van der Waals surface area contributed by atoms with E-state index in [4.69, 9.17) is 17.3 Å². The number of halogens is 3. The highest BCUT2D eigenvalue weighted by molar-refractivity contribution is 6.31. The number of carbonyl (C=O) groups is 1. The molecule has 4 nitrogen and oxygen atoms in total. The Morgan fingerprint density at radius 1 is 1.11 bits per heavy atom. The van der Waals surface area contributed by atoms with Crippen LogP contribution in [0.15, 0.2) is 48.5 Å². The fraction of sp³-hybridized carbons (Fsp3) is 0.350. The van der Waals surface area contributed by atoms with Crippen LogP contribution >= 0.6 is 36.4 Å². The van der Waals surface area contributed by atoms with Crippen LogP contribution in [0.25, 0.3) is 0 Å². The smallest absolute Gasteiger partial charge is 0.251 e. The zero-order chi connectivity index (χ0) is 17.6. The normalized spacial score (nSPS) is 14.7. The number of nitrogen functional groups attached to an aromatic ring is 1. The maximum atomic E-state index is 12.2. The third-order valence-electron chi connectivity index (χ3n) is 4.76. The highest BCUT2D eigenvalue weighted by Gasteiger charge is 2.20. The highest BCUT2D eigenvalue weighted by atomic mass is 35.5. The monoisotopic (exact) mass is 429 g/mol. The minimum Gasteiger partial charge on any atom is -0.399 e. The Bertz CT molecular complexity index is 734. The molecular formula is C20H26Cl3N3O. The highest BCUT2D eigenvalue weighted by Crippen LogP contribution is 2.22. The number of anilines is 1. The Kier molecular flexibility index (Phi) is 9.95. The van der Waals surface area contributed by atoms with Gasteiger partial charge in [-0.3, -0.25) is 9.69 Å². The molecule has 3 N–H and O–H groups in total. The van der Waals surface area contributed by atoms with Crippen LogP contribution in [0, 0.1) is 5.92 Å². The van der Waals surface area contributed by atoms with Crippen molar-refractivity contribution in [1.29, 1.82) is 0 Å². The molecule has 0 bridgehead atoms. The molecule has 1 aliphatic heterocycles. The first-order valence-electron chi connectivity index (χ1n) is 8.71. The van der Waals surface area contributed by atoms with Gasteiger partial charge in [0.2, 0.25) is 0 Å². The van der Waals surface area contributed by atoms with Gasteiger partial charge in [0.1, 0.15) is 0 Å². The molecule has 0 saturated carbocycles. The molecule has 27 heavy (non-hydrogen) atoms. The molecular weight excluding hydrogens is 405 g/mol. The van der Waals surface area contributed by atoms with Crippen molar-refractivity contribution in [3.8, 4) is 0 Å². The molecule has 0 atom stereocenters. The van der Waals surface area contributed by atoms with Gasteiger partial charge < -0.3 is 11.1 Å². The summed E-state index contributed by atoms with van der Waals surface area (Å²) in [6.45, 7) is 3.67. The van der Waals surface area contributed by atoms with Gasteiger partial charge in [0, 0.05) is 29.4 Å². The lowest BCUT2D eigenvalue weighted by Gasteiger charge is -2.32. The molecule has 7 heteroatoms. The van der Waals surface area contributed by atoms with E-state index in [-0.39, 0.29) is 30.7 Å². The molecule has 1 aliphatic rings. The van der Waals surface area contributed by atoms with Gasteiger partial charge in [0.05, 0.1) is 0 Å². The molecule has 1 amide bonds. The third-order valence-corrected chi connectivity index (χ3v) is 5.13. The second kappa shape index (κ2) is 11.4. The summed E-state index contributed by atoms with van der Waals surface area (Å²) in [6.07, 6.45) is 2.17. The van der Waals surface area contributed by atoms with Gasteiger partial charge in [0.25, 0.3) is 5.91 Å². The third kappa shape index (κ3) is 6.89. The zero-order valence-corrected chi connectivity index (χ0v) is 17.5. The average Bonchev–Trinajstić information content (AvgIpc) is 2.63. The van der Waals surface area contributed by atoms with Crippen LogP contribution in [0.4, 0.5) is 5.69 Å². The molecule has 1 heterocycles. The first-order valence-corrected chi connectivity index (χ1v) is 9.09. The van der Waals surface area contributed by atoms with Gasteiger partial charge in [-0.2, -0.15) is 0 Å². The number of hydrogen-bond acceptors (Lipinski definition) is 3. The summed E-state index contributed by atoms with van der Waals surface area (Å²) in [7, 11) is 0. The minimum atomic E-state index is -0.0502. The van der Waals surface area contributed by atoms with Gasteiger partial charge in [-0.25, -0.2) is 0 Å². The number of benzene rings is 2.